The summed E-state index contributed by atoms with van der Waals surface area (Å²) in [5.41, 5.74) is 1.52. The summed E-state index contributed by atoms with van der Waals surface area (Å²) in [5.74, 6) is -0.192. The fraction of sp³-hybridized carbons (Fsp3) is 0.600. The molecule has 1 saturated heterocycles. The number of hydrogen-bond donors (Lipinski definition) is 1. The highest BCUT2D eigenvalue weighted by Crippen LogP contribution is 2.27. The van der Waals surface area contributed by atoms with Gasteiger partial charge in [0.15, 0.2) is 0 Å². The van der Waals surface area contributed by atoms with Crippen LogP contribution in [0, 0.1) is 0 Å². The zero-order chi connectivity index (χ0) is 17.1. The van der Waals surface area contributed by atoms with Gasteiger partial charge in [-0.1, -0.05) is 5.21 Å². The number of carbonyl (C=O) groups is 1. The maximum Gasteiger partial charge on any atom is 0.271 e. The van der Waals surface area contributed by atoms with Gasteiger partial charge in [-0.25, -0.2) is 9.67 Å². The van der Waals surface area contributed by atoms with Gasteiger partial charge in [0.05, 0.1) is 37.0 Å². The summed E-state index contributed by atoms with van der Waals surface area (Å²) < 4.78 is 9.49. The van der Waals surface area contributed by atoms with E-state index in [1.165, 1.54) is 6.20 Å². The van der Waals surface area contributed by atoms with Crippen molar-refractivity contribution < 1.29 is 9.53 Å². The van der Waals surface area contributed by atoms with Gasteiger partial charge in [-0.2, -0.15) is 0 Å². The molecule has 0 saturated carbocycles. The van der Waals surface area contributed by atoms with Crippen molar-refractivity contribution in [1.29, 1.82) is 0 Å². The lowest BCUT2D eigenvalue weighted by molar-refractivity contribution is -0.0626. The first kappa shape index (κ1) is 16.6. The minimum atomic E-state index is -0.192. The monoisotopic (exact) mass is 333 g/mol. The molecule has 2 aromatic heterocycles. The smallest absolute Gasteiger partial charge is 0.271 e. The van der Waals surface area contributed by atoms with Crippen molar-refractivity contribution in [3.05, 3.63) is 30.1 Å². The van der Waals surface area contributed by atoms with Crippen molar-refractivity contribution in [2.45, 2.75) is 25.6 Å². The van der Waals surface area contributed by atoms with Gasteiger partial charge in [0.1, 0.15) is 5.69 Å². The number of hydrogen-bond acceptors (Lipinski definition) is 6. The van der Waals surface area contributed by atoms with Crippen molar-refractivity contribution in [3.63, 3.8) is 0 Å². The van der Waals surface area contributed by atoms with Gasteiger partial charge in [0.25, 0.3) is 5.91 Å². The third-order valence-corrected chi connectivity index (χ3v) is 4.37. The Hall–Kier alpha value is -2.26. The van der Waals surface area contributed by atoms with Crippen molar-refractivity contribution in [2.24, 2.45) is 7.05 Å². The lowest BCUT2D eigenvalue weighted by atomic mass is 10.0. The number of rotatable bonds is 5. The second-order valence-electron chi connectivity index (χ2n) is 5.91. The van der Waals surface area contributed by atoms with Gasteiger partial charge >= 0.3 is 0 Å². The number of carbonyl (C=O) groups excluding carboxylic acids is 1. The van der Waals surface area contributed by atoms with E-state index in [0.29, 0.717) is 25.4 Å². The number of nitrogens with one attached hydrogen (secondary N) is 1. The van der Waals surface area contributed by atoms with Crippen LogP contribution in [0.3, 0.4) is 0 Å². The highest BCUT2D eigenvalue weighted by molar-refractivity contribution is 5.92. The molecule has 1 N–H and O–H groups in total. The Labute approximate surface area is 140 Å². The zero-order valence-electron chi connectivity index (χ0n) is 14.2. The standard InChI is InChI=1S/C15H23N7O2/c1-4-22-12(8-18-19-22)15(23)17-9-13-14(20(2)5-6-24-13)11-7-16-10-21(11)3/h7-8,10,13-14H,4-6,9H2,1-3H3,(H,17,23)/t13-,14-/m0/s1. The first-order valence-electron chi connectivity index (χ1n) is 8.06. The van der Waals surface area contributed by atoms with E-state index in [1.807, 2.05) is 24.7 Å². The van der Waals surface area contributed by atoms with Crippen LogP contribution in [0.15, 0.2) is 18.7 Å². The Morgan fingerprint density at radius 1 is 1.42 bits per heavy atom. The lowest BCUT2D eigenvalue weighted by Gasteiger charge is -2.39. The molecule has 0 unspecified atom stereocenters. The van der Waals surface area contributed by atoms with E-state index in [2.05, 4.69) is 32.6 Å². The van der Waals surface area contributed by atoms with E-state index >= 15 is 0 Å². The van der Waals surface area contributed by atoms with Crippen LogP contribution in [0.1, 0.15) is 29.1 Å². The summed E-state index contributed by atoms with van der Waals surface area (Å²) in [6, 6.07) is 0.0424. The third kappa shape index (κ3) is 3.17. The summed E-state index contributed by atoms with van der Waals surface area (Å²) in [6.45, 7) is 4.41. The van der Waals surface area contributed by atoms with E-state index in [-0.39, 0.29) is 18.1 Å². The topological polar surface area (TPSA) is 90.1 Å². The average Bonchev–Trinajstić information content (AvgIpc) is 3.21. The zero-order valence-corrected chi connectivity index (χ0v) is 14.2. The fourth-order valence-corrected chi connectivity index (χ4v) is 3.05. The van der Waals surface area contributed by atoms with Crippen LogP contribution < -0.4 is 5.32 Å². The van der Waals surface area contributed by atoms with E-state index in [4.69, 9.17) is 4.74 Å². The molecule has 24 heavy (non-hydrogen) atoms. The van der Waals surface area contributed by atoms with Crippen LogP contribution in [-0.4, -0.2) is 68.2 Å². The van der Waals surface area contributed by atoms with Gasteiger partial charge < -0.3 is 14.6 Å². The second-order valence-corrected chi connectivity index (χ2v) is 5.91. The van der Waals surface area contributed by atoms with Crippen LogP contribution in [-0.2, 0) is 18.3 Å². The number of aromatic nitrogens is 5. The molecule has 9 heteroatoms. The van der Waals surface area contributed by atoms with E-state index in [0.717, 1.165) is 12.2 Å². The molecule has 0 aromatic carbocycles. The lowest BCUT2D eigenvalue weighted by Crippen LogP contribution is -2.49. The summed E-state index contributed by atoms with van der Waals surface area (Å²) >= 11 is 0. The van der Waals surface area contributed by atoms with E-state index in [1.54, 1.807) is 11.0 Å². The number of nitrogens with zero attached hydrogens (tertiary/aromatic N) is 6. The van der Waals surface area contributed by atoms with Crippen LogP contribution in [0.4, 0.5) is 0 Å². The Bertz CT molecular complexity index is 696. The van der Waals surface area contributed by atoms with Gasteiger partial charge in [-0.05, 0) is 14.0 Å². The quantitative estimate of drug-likeness (QED) is 0.817. The molecule has 2 aromatic rings. The Kier molecular flexibility index (Phi) is 4.91. The van der Waals surface area contributed by atoms with Crippen LogP contribution in [0.2, 0.25) is 0 Å². The molecule has 1 fully saturated rings. The largest absolute Gasteiger partial charge is 0.373 e. The summed E-state index contributed by atoms with van der Waals surface area (Å²) in [6.07, 6.45) is 4.96. The van der Waals surface area contributed by atoms with Crippen molar-refractivity contribution in [3.8, 4) is 0 Å². The third-order valence-electron chi connectivity index (χ3n) is 4.37. The highest BCUT2D eigenvalue weighted by Gasteiger charge is 2.33. The molecule has 0 bridgehead atoms. The van der Waals surface area contributed by atoms with Crippen LogP contribution in [0.25, 0.3) is 0 Å². The Balaban J connectivity index is 1.70. The van der Waals surface area contributed by atoms with Gasteiger partial charge in [-0.15, -0.1) is 5.10 Å². The van der Waals surface area contributed by atoms with E-state index in [9.17, 15) is 4.79 Å². The second kappa shape index (κ2) is 7.10. The fourth-order valence-electron chi connectivity index (χ4n) is 3.05. The maximum atomic E-state index is 12.4. The predicted octanol–water partition coefficient (Wildman–Crippen LogP) is -0.167. The molecule has 1 aliphatic heterocycles. The number of likely N-dealkylation sites (N-methyl/N-ethyl adjacent to an activating group) is 1. The molecule has 2 atom stereocenters. The number of amides is 1. The highest BCUT2D eigenvalue weighted by atomic mass is 16.5. The molecule has 1 aliphatic rings. The molecule has 130 valence electrons. The Morgan fingerprint density at radius 3 is 2.96 bits per heavy atom. The minimum absolute atomic E-state index is 0.0424. The molecular weight excluding hydrogens is 310 g/mol. The predicted molar refractivity (Wildman–Crippen MR) is 86.3 cm³/mol. The number of aryl methyl sites for hydroxylation is 2. The maximum absolute atomic E-state index is 12.4. The summed E-state index contributed by atoms with van der Waals surface area (Å²) in [4.78, 5) is 18.8. The molecule has 3 heterocycles. The van der Waals surface area contributed by atoms with Crippen LogP contribution >= 0.6 is 0 Å². The van der Waals surface area contributed by atoms with Crippen molar-refractivity contribution in [1.82, 2.24) is 34.8 Å². The summed E-state index contributed by atoms with van der Waals surface area (Å²) in [5, 5.41) is 10.6. The van der Waals surface area contributed by atoms with Gasteiger partial charge in [0.2, 0.25) is 0 Å². The first-order chi connectivity index (χ1) is 11.6. The minimum Gasteiger partial charge on any atom is -0.373 e. The van der Waals surface area contributed by atoms with Gasteiger partial charge in [0, 0.05) is 32.9 Å². The molecule has 0 aliphatic carbocycles. The molecule has 3 rings (SSSR count). The van der Waals surface area contributed by atoms with Crippen molar-refractivity contribution in [2.75, 3.05) is 26.7 Å². The normalized spacial score (nSPS) is 21.8. The molecule has 0 radical (unpaired) electrons. The number of imidazole rings is 1. The van der Waals surface area contributed by atoms with Crippen LogP contribution in [0.5, 0.6) is 0 Å². The van der Waals surface area contributed by atoms with E-state index < -0.39 is 0 Å². The SMILES string of the molecule is CCn1nncc1C(=O)NC[C@@H]1OCCN(C)[C@H]1c1cncn1C. The molecular formula is C15H23N7O2. The molecule has 9 nitrogen and oxygen atoms in total. The summed E-state index contributed by atoms with van der Waals surface area (Å²) in [7, 11) is 4.02. The van der Waals surface area contributed by atoms with Gasteiger partial charge in [-0.3, -0.25) is 9.69 Å². The molecule has 0 spiro atoms. The van der Waals surface area contributed by atoms with Crippen molar-refractivity contribution >= 4 is 5.91 Å². The number of morpholine rings is 1. The number of ether oxygens (including phenoxy) is 1. The first-order valence-corrected chi connectivity index (χ1v) is 8.06. The molecule has 1 amide bonds. The Morgan fingerprint density at radius 2 is 2.25 bits per heavy atom. The average molecular weight is 333 g/mol.